The largest absolute Gasteiger partial charge is 0.482 e. The fraction of sp³-hybridized carbons (Fsp3) is 0.360. The molecule has 10 nitrogen and oxygen atoms in total. The van der Waals surface area contributed by atoms with Gasteiger partial charge < -0.3 is 18.9 Å². The van der Waals surface area contributed by atoms with Crippen molar-refractivity contribution in [1.29, 1.82) is 0 Å². The number of carbonyl (C=O) groups excluding carboxylic acids is 2. The smallest absolute Gasteiger partial charge is 0.438 e. The Balaban J connectivity index is 1.72. The second-order valence-electron chi connectivity index (χ2n) is 8.33. The Hall–Kier alpha value is -3.01. The summed E-state index contributed by atoms with van der Waals surface area (Å²) in [6, 6.07) is 14.3. The number of aryl methyl sites for hydroxylation is 1. The molecule has 3 aromatic rings. The number of likely N-dealkylation sites (N-methyl/N-ethyl adjacent to an activating group) is 1. The van der Waals surface area contributed by atoms with Gasteiger partial charge in [-0.05, 0) is 57.3 Å². The number of aromatic nitrogens is 1. The van der Waals surface area contributed by atoms with E-state index in [1.54, 1.807) is 34.9 Å². The lowest BCUT2D eigenvalue weighted by molar-refractivity contribution is -0.148. The van der Waals surface area contributed by atoms with E-state index in [1.807, 2.05) is 39.3 Å². The summed E-state index contributed by atoms with van der Waals surface area (Å²) in [5, 5.41) is 1.06. The molecule has 0 saturated heterocycles. The lowest BCUT2D eigenvalue weighted by atomic mass is 10.1. The van der Waals surface area contributed by atoms with Gasteiger partial charge in [-0.2, -0.15) is 0 Å². The molecule has 0 saturated carbocycles. The maximum atomic E-state index is 13.2. The Morgan fingerprint density at radius 3 is 2.33 bits per heavy atom. The predicted molar refractivity (Wildman–Crippen MR) is 133 cm³/mol. The molecule has 0 aliphatic rings. The van der Waals surface area contributed by atoms with Crippen LogP contribution in [0.5, 0.6) is 0 Å². The molecule has 2 aromatic carbocycles. The maximum absolute atomic E-state index is 13.2. The summed E-state index contributed by atoms with van der Waals surface area (Å²) in [7, 11) is -0.269. The third-order valence-electron chi connectivity index (χ3n) is 5.19. The molecule has 0 aliphatic heterocycles. The number of hydrogen-bond donors (Lipinski definition) is 0. The number of fused-ring (bicyclic) bond motifs is 1. The molecule has 36 heavy (non-hydrogen) atoms. The van der Waals surface area contributed by atoms with Crippen LogP contribution < -0.4 is 0 Å². The molecule has 1 heterocycles. The van der Waals surface area contributed by atoms with E-state index in [-0.39, 0.29) is 6.73 Å². The van der Waals surface area contributed by atoms with Crippen molar-refractivity contribution in [2.24, 2.45) is 0 Å². The number of esters is 2. The van der Waals surface area contributed by atoms with Crippen LogP contribution in [0.25, 0.3) is 10.9 Å². The van der Waals surface area contributed by atoms with Gasteiger partial charge in [0.2, 0.25) is 13.6 Å². The Morgan fingerprint density at radius 1 is 0.972 bits per heavy atom. The number of benzene rings is 2. The second kappa shape index (κ2) is 12.8. The van der Waals surface area contributed by atoms with Crippen molar-refractivity contribution >= 4 is 30.7 Å². The summed E-state index contributed by atoms with van der Waals surface area (Å²) in [6.07, 6.45) is 2.74. The highest BCUT2D eigenvalue weighted by Gasteiger charge is 2.29. The summed E-state index contributed by atoms with van der Waals surface area (Å²) in [6.45, 7) is 2.54. The molecular formula is C25H31N2O8P. The van der Waals surface area contributed by atoms with Gasteiger partial charge in [0.25, 0.3) is 0 Å². The lowest BCUT2D eigenvalue weighted by Gasteiger charge is -2.18. The first-order valence-corrected chi connectivity index (χ1v) is 12.8. The van der Waals surface area contributed by atoms with Gasteiger partial charge in [0.15, 0.2) is 0 Å². The van der Waals surface area contributed by atoms with Crippen molar-refractivity contribution < 1.29 is 37.2 Å². The average Bonchev–Trinajstić information content (AvgIpc) is 3.18. The molecule has 0 spiro atoms. The highest BCUT2D eigenvalue weighted by Crippen LogP contribution is 2.50. The Labute approximate surface area is 210 Å². The highest BCUT2D eigenvalue weighted by molar-refractivity contribution is 7.48. The Kier molecular flexibility index (Phi) is 9.81. The van der Waals surface area contributed by atoms with Crippen LogP contribution in [0.15, 0.2) is 54.7 Å². The molecule has 1 atom stereocenters. The van der Waals surface area contributed by atoms with E-state index in [0.29, 0.717) is 5.56 Å². The standard InChI is InChI=1S/C25H31N2O8P/c1-19-10-11-24-23(14-19)22(12-13-26(3)4)15-27(24)16-33-36(30,34-17-31-20(2)28)35-18-32-25(29)21-8-6-5-7-9-21/h5-11,14-15H,12-13,16-18H2,1-4H3. The number of rotatable bonds is 13. The van der Waals surface area contributed by atoms with E-state index in [9.17, 15) is 14.2 Å². The molecule has 0 aliphatic carbocycles. The fourth-order valence-electron chi connectivity index (χ4n) is 3.36. The third kappa shape index (κ3) is 8.01. The van der Waals surface area contributed by atoms with Crippen molar-refractivity contribution in [2.75, 3.05) is 34.2 Å². The van der Waals surface area contributed by atoms with E-state index in [4.69, 9.17) is 23.0 Å². The van der Waals surface area contributed by atoms with Crippen LogP contribution in [0.2, 0.25) is 0 Å². The molecule has 3 rings (SSSR count). The number of ether oxygens (including phenoxy) is 2. The molecular weight excluding hydrogens is 487 g/mol. The second-order valence-corrected chi connectivity index (χ2v) is 10.0. The van der Waals surface area contributed by atoms with Gasteiger partial charge in [0.1, 0.15) is 6.73 Å². The third-order valence-corrected chi connectivity index (χ3v) is 6.46. The first kappa shape index (κ1) is 27.6. The summed E-state index contributed by atoms with van der Waals surface area (Å²) < 4.78 is 40.6. The van der Waals surface area contributed by atoms with E-state index in [1.165, 1.54) is 6.92 Å². The van der Waals surface area contributed by atoms with E-state index in [2.05, 4.69) is 11.0 Å². The first-order chi connectivity index (χ1) is 17.2. The van der Waals surface area contributed by atoms with Gasteiger partial charge in [-0.15, -0.1) is 0 Å². The van der Waals surface area contributed by atoms with Crippen LogP contribution in [0.1, 0.15) is 28.4 Å². The number of hydrogen-bond acceptors (Lipinski definition) is 9. The van der Waals surface area contributed by atoms with Gasteiger partial charge in [-0.3, -0.25) is 9.32 Å². The minimum absolute atomic E-state index is 0.175. The molecule has 0 bridgehead atoms. The minimum Gasteiger partial charge on any atom is -0.438 e. The molecule has 0 amide bonds. The summed E-state index contributed by atoms with van der Waals surface area (Å²) in [5.41, 5.74) is 3.42. The van der Waals surface area contributed by atoms with Gasteiger partial charge in [0.05, 0.1) is 11.1 Å². The van der Waals surface area contributed by atoms with Crippen molar-refractivity contribution in [1.82, 2.24) is 9.47 Å². The highest BCUT2D eigenvalue weighted by atomic mass is 31.2. The Bertz CT molecular complexity index is 1230. The molecule has 0 N–H and O–H groups in total. The van der Waals surface area contributed by atoms with Crippen LogP contribution in [-0.4, -0.2) is 55.6 Å². The first-order valence-electron chi connectivity index (χ1n) is 11.3. The van der Waals surface area contributed by atoms with Gasteiger partial charge >= 0.3 is 19.8 Å². The number of phosphoric acid groups is 1. The topological polar surface area (TPSA) is 106 Å². The van der Waals surface area contributed by atoms with Crippen LogP contribution >= 0.6 is 7.82 Å². The number of phosphoric ester groups is 1. The molecule has 1 unspecified atom stereocenters. The van der Waals surface area contributed by atoms with Gasteiger partial charge in [0, 0.05) is 25.1 Å². The Morgan fingerprint density at radius 2 is 1.67 bits per heavy atom. The minimum atomic E-state index is -4.28. The van der Waals surface area contributed by atoms with E-state index in [0.717, 1.165) is 35.0 Å². The quantitative estimate of drug-likeness (QED) is 0.184. The van der Waals surface area contributed by atoms with Crippen LogP contribution in [-0.2, 0) is 45.6 Å². The summed E-state index contributed by atoms with van der Waals surface area (Å²) in [4.78, 5) is 25.3. The summed E-state index contributed by atoms with van der Waals surface area (Å²) >= 11 is 0. The van der Waals surface area contributed by atoms with Gasteiger partial charge in [-0.1, -0.05) is 29.8 Å². The monoisotopic (exact) mass is 518 g/mol. The predicted octanol–water partition coefficient (Wildman–Crippen LogP) is 4.50. The summed E-state index contributed by atoms with van der Waals surface area (Å²) in [5.74, 6) is -1.30. The van der Waals surface area contributed by atoms with E-state index >= 15 is 0 Å². The number of nitrogens with zero attached hydrogens (tertiary/aromatic N) is 2. The maximum Gasteiger partial charge on any atom is 0.482 e. The number of carbonyl (C=O) groups is 2. The molecule has 0 radical (unpaired) electrons. The van der Waals surface area contributed by atoms with Crippen LogP contribution in [0.3, 0.4) is 0 Å². The zero-order chi connectivity index (χ0) is 26.1. The zero-order valence-corrected chi connectivity index (χ0v) is 21.7. The molecule has 0 fully saturated rings. The van der Waals surface area contributed by atoms with Crippen LogP contribution in [0, 0.1) is 6.92 Å². The van der Waals surface area contributed by atoms with Crippen LogP contribution in [0.4, 0.5) is 0 Å². The molecule has 194 valence electrons. The molecule has 11 heteroatoms. The SMILES string of the molecule is CC(=O)OCOP(=O)(OCOC(=O)c1ccccc1)OCn1cc(CCN(C)C)c2cc(C)ccc21. The van der Waals surface area contributed by atoms with Crippen molar-refractivity contribution in [3.63, 3.8) is 0 Å². The van der Waals surface area contributed by atoms with Crippen molar-refractivity contribution in [3.05, 3.63) is 71.4 Å². The van der Waals surface area contributed by atoms with Gasteiger partial charge in [-0.25, -0.2) is 18.4 Å². The normalized spacial score (nSPS) is 13.0. The average molecular weight is 519 g/mol. The van der Waals surface area contributed by atoms with Crippen molar-refractivity contribution in [3.8, 4) is 0 Å². The zero-order valence-electron chi connectivity index (χ0n) is 20.8. The van der Waals surface area contributed by atoms with E-state index < -0.39 is 33.3 Å². The fourth-order valence-corrected chi connectivity index (χ4v) is 4.21. The lowest BCUT2D eigenvalue weighted by Crippen LogP contribution is -2.15. The molecule has 1 aromatic heterocycles. The van der Waals surface area contributed by atoms with Crippen molar-refractivity contribution in [2.45, 2.75) is 27.0 Å².